The first-order chi connectivity index (χ1) is 18.6. The topological polar surface area (TPSA) is 102 Å². The van der Waals surface area contributed by atoms with Crippen molar-refractivity contribution >= 4 is 15.8 Å². The number of ether oxygens (including phenoxy) is 2. The fourth-order valence-corrected chi connectivity index (χ4v) is 7.56. The van der Waals surface area contributed by atoms with Gasteiger partial charge >= 0.3 is 5.97 Å². The van der Waals surface area contributed by atoms with Crippen LogP contribution in [0, 0.1) is 20.8 Å². The minimum absolute atomic E-state index is 0.00185. The van der Waals surface area contributed by atoms with Gasteiger partial charge in [-0.05, 0) is 67.3 Å². The SMILES string of the molecule is COCC1=C(S(=O)(=O)c2ccccc2)C(c2cccc(O)c2)C2=C(CC(c3c(C)cc(C)cc3C)OC2=O)N1. The van der Waals surface area contributed by atoms with Gasteiger partial charge in [0.1, 0.15) is 11.9 Å². The molecule has 3 aromatic rings. The number of cyclic esters (lactones) is 1. The lowest BCUT2D eigenvalue weighted by molar-refractivity contribution is -0.146. The molecule has 0 saturated carbocycles. The number of esters is 1. The third-order valence-electron chi connectivity index (χ3n) is 7.23. The molecule has 0 aromatic heterocycles. The van der Waals surface area contributed by atoms with Gasteiger partial charge in [-0.25, -0.2) is 13.2 Å². The number of allylic oxidation sites excluding steroid dienone is 1. The lowest BCUT2D eigenvalue weighted by Gasteiger charge is -2.38. The summed E-state index contributed by atoms with van der Waals surface area (Å²) in [5.74, 6) is -1.64. The standard InChI is InChI=1S/C31H31NO6S/c1-18-13-19(2)27(20(3)14-18)26-16-24-29(31(34)38-26)28(21-9-8-10-22(33)15-21)30(25(32-24)17-37-4)39(35,36)23-11-6-5-7-12-23/h5-15,26,28,32-33H,16-17H2,1-4H3. The zero-order valence-electron chi connectivity index (χ0n) is 22.3. The number of phenols is 1. The molecule has 0 bridgehead atoms. The minimum atomic E-state index is -4.09. The number of methoxy groups -OCH3 is 1. The molecule has 0 fully saturated rings. The first kappa shape index (κ1) is 26.7. The predicted octanol–water partition coefficient (Wildman–Crippen LogP) is 5.28. The lowest BCUT2D eigenvalue weighted by atomic mass is 9.82. The number of hydrogen-bond donors (Lipinski definition) is 2. The quantitative estimate of drug-likeness (QED) is 0.407. The maximum Gasteiger partial charge on any atom is 0.337 e. The maximum absolute atomic E-state index is 14.1. The van der Waals surface area contributed by atoms with Crippen molar-refractivity contribution in [3.63, 3.8) is 0 Å². The van der Waals surface area contributed by atoms with Crippen molar-refractivity contribution in [2.24, 2.45) is 0 Å². The number of sulfone groups is 1. The van der Waals surface area contributed by atoms with Crippen molar-refractivity contribution in [1.29, 1.82) is 0 Å². The van der Waals surface area contributed by atoms with Crippen LogP contribution in [0.1, 0.15) is 46.3 Å². The van der Waals surface area contributed by atoms with E-state index in [1.165, 1.54) is 31.4 Å². The fourth-order valence-electron chi connectivity index (χ4n) is 5.79. The number of aromatic hydroxyl groups is 1. The van der Waals surface area contributed by atoms with Crippen LogP contribution in [0.2, 0.25) is 0 Å². The Morgan fingerprint density at radius 2 is 1.69 bits per heavy atom. The van der Waals surface area contributed by atoms with Gasteiger partial charge in [0.05, 0.1) is 33.6 Å². The van der Waals surface area contributed by atoms with Gasteiger partial charge in [-0.3, -0.25) is 0 Å². The molecule has 0 radical (unpaired) electrons. The molecule has 2 atom stereocenters. The fraction of sp³-hybridized carbons (Fsp3) is 0.258. The number of nitrogens with one attached hydrogen (secondary N) is 1. The van der Waals surface area contributed by atoms with E-state index in [2.05, 4.69) is 17.4 Å². The van der Waals surface area contributed by atoms with Crippen LogP contribution >= 0.6 is 0 Å². The van der Waals surface area contributed by atoms with Crippen molar-refractivity contribution in [3.8, 4) is 5.75 Å². The Labute approximate surface area is 228 Å². The van der Waals surface area contributed by atoms with Gasteiger partial charge in [0, 0.05) is 19.2 Å². The predicted molar refractivity (Wildman–Crippen MR) is 148 cm³/mol. The number of phenolic OH excluding ortho intramolecular Hbond substituents is 1. The Bertz CT molecular complexity index is 1600. The van der Waals surface area contributed by atoms with Crippen LogP contribution in [0.25, 0.3) is 0 Å². The molecule has 39 heavy (non-hydrogen) atoms. The molecule has 3 aromatic carbocycles. The smallest absolute Gasteiger partial charge is 0.337 e. The molecule has 2 aliphatic rings. The Morgan fingerprint density at radius 3 is 2.33 bits per heavy atom. The van der Waals surface area contributed by atoms with Crippen LogP contribution in [0.4, 0.5) is 0 Å². The van der Waals surface area contributed by atoms with Crippen molar-refractivity contribution in [2.45, 2.75) is 44.1 Å². The van der Waals surface area contributed by atoms with Gasteiger partial charge in [-0.2, -0.15) is 0 Å². The third kappa shape index (κ3) is 4.86. The molecular weight excluding hydrogens is 514 g/mol. The van der Waals surface area contributed by atoms with Crippen LogP contribution in [0.3, 0.4) is 0 Å². The maximum atomic E-state index is 14.1. The molecule has 0 amide bonds. The molecule has 2 aliphatic heterocycles. The number of benzene rings is 3. The molecule has 0 spiro atoms. The highest BCUT2D eigenvalue weighted by molar-refractivity contribution is 7.95. The highest BCUT2D eigenvalue weighted by Crippen LogP contribution is 2.48. The molecule has 0 aliphatic carbocycles. The van der Waals surface area contributed by atoms with Gasteiger partial charge in [0.25, 0.3) is 0 Å². The second kappa shape index (κ2) is 10.4. The summed E-state index contributed by atoms with van der Waals surface area (Å²) in [7, 11) is -2.60. The number of carbonyl (C=O) groups is 1. The minimum Gasteiger partial charge on any atom is -0.508 e. The summed E-state index contributed by atoms with van der Waals surface area (Å²) in [5, 5.41) is 13.6. The number of hydrogen-bond acceptors (Lipinski definition) is 7. The van der Waals surface area contributed by atoms with Crippen LogP contribution in [-0.2, 0) is 24.1 Å². The van der Waals surface area contributed by atoms with E-state index in [0.717, 1.165) is 22.3 Å². The van der Waals surface area contributed by atoms with E-state index in [0.29, 0.717) is 23.4 Å². The van der Waals surface area contributed by atoms with Crippen LogP contribution in [-0.4, -0.2) is 33.2 Å². The Hall–Kier alpha value is -3.88. The van der Waals surface area contributed by atoms with Gasteiger partial charge in [0.2, 0.25) is 9.84 Å². The summed E-state index contributed by atoms with van der Waals surface area (Å²) in [4.78, 5) is 13.9. The molecule has 5 rings (SSSR count). The van der Waals surface area contributed by atoms with Crippen LogP contribution < -0.4 is 5.32 Å². The van der Waals surface area contributed by atoms with Crippen molar-refractivity contribution in [3.05, 3.63) is 116 Å². The number of carbonyl (C=O) groups excluding carboxylic acids is 1. The summed E-state index contributed by atoms with van der Waals surface area (Å²) in [6.45, 7) is 6.00. The van der Waals surface area contributed by atoms with E-state index >= 15 is 0 Å². The van der Waals surface area contributed by atoms with Crippen molar-refractivity contribution in [2.75, 3.05) is 13.7 Å². The summed E-state index contributed by atoms with van der Waals surface area (Å²) in [5.41, 5.74) is 5.72. The zero-order valence-corrected chi connectivity index (χ0v) is 23.1. The highest BCUT2D eigenvalue weighted by Gasteiger charge is 2.45. The summed E-state index contributed by atoms with van der Waals surface area (Å²) >= 11 is 0. The summed E-state index contributed by atoms with van der Waals surface area (Å²) in [6, 6.07) is 18.5. The van der Waals surface area contributed by atoms with E-state index in [1.54, 1.807) is 30.3 Å². The van der Waals surface area contributed by atoms with Crippen LogP contribution in [0.15, 0.2) is 93.5 Å². The molecule has 2 N–H and O–H groups in total. The molecular formula is C31H31NO6S. The Kier molecular flexibility index (Phi) is 7.09. The van der Waals surface area contributed by atoms with E-state index < -0.39 is 27.8 Å². The largest absolute Gasteiger partial charge is 0.508 e. The van der Waals surface area contributed by atoms with E-state index in [9.17, 15) is 18.3 Å². The second-order valence-electron chi connectivity index (χ2n) is 10.0. The molecule has 2 unspecified atom stereocenters. The third-order valence-corrected chi connectivity index (χ3v) is 9.18. The lowest BCUT2D eigenvalue weighted by Crippen LogP contribution is -2.38. The zero-order chi connectivity index (χ0) is 27.9. The number of rotatable bonds is 6. The molecule has 2 heterocycles. The van der Waals surface area contributed by atoms with Crippen molar-refractivity contribution in [1.82, 2.24) is 5.32 Å². The van der Waals surface area contributed by atoms with Crippen molar-refractivity contribution < 1.29 is 27.8 Å². The van der Waals surface area contributed by atoms with E-state index in [-0.39, 0.29) is 27.7 Å². The molecule has 0 saturated heterocycles. The normalized spacial score (nSPS) is 19.4. The van der Waals surface area contributed by atoms with E-state index in [4.69, 9.17) is 9.47 Å². The first-order valence-corrected chi connectivity index (χ1v) is 14.2. The summed E-state index contributed by atoms with van der Waals surface area (Å²) in [6.07, 6.45) is -0.197. The van der Waals surface area contributed by atoms with Gasteiger partial charge in [-0.1, -0.05) is 48.0 Å². The van der Waals surface area contributed by atoms with Gasteiger partial charge in [-0.15, -0.1) is 0 Å². The Balaban J connectivity index is 1.71. The second-order valence-corrected chi connectivity index (χ2v) is 12.0. The van der Waals surface area contributed by atoms with E-state index in [1.807, 2.05) is 20.8 Å². The first-order valence-electron chi connectivity index (χ1n) is 12.7. The number of aryl methyl sites for hydroxylation is 3. The molecule has 8 heteroatoms. The van der Waals surface area contributed by atoms with Crippen LogP contribution in [0.5, 0.6) is 5.75 Å². The van der Waals surface area contributed by atoms with Gasteiger partial charge in [0.15, 0.2) is 0 Å². The van der Waals surface area contributed by atoms with Gasteiger partial charge < -0.3 is 19.9 Å². The molecule has 7 nitrogen and oxygen atoms in total. The highest BCUT2D eigenvalue weighted by atomic mass is 32.2. The summed E-state index contributed by atoms with van der Waals surface area (Å²) < 4.78 is 39.8. The average molecular weight is 546 g/mol. The Morgan fingerprint density at radius 1 is 1.00 bits per heavy atom. The average Bonchev–Trinajstić information content (AvgIpc) is 2.88. The number of dihydropyridines is 1. The monoisotopic (exact) mass is 545 g/mol. The molecule has 202 valence electrons.